The first-order valence-electron chi connectivity index (χ1n) is 11.5. The first-order chi connectivity index (χ1) is 16.8. The van der Waals surface area contributed by atoms with Crippen LogP contribution in [0.5, 0.6) is 0 Å². The fourth-order valence-corrected chi connectivity index (χ4v) is 4.59. The average Bonchev–Trinajstić information content (AvgIpc) is 3.56. The van der Waals surface area contributed by atoms with Crippen molar-refractivity contribution in [2.75, 3.05) is 30.5 Å². The lowest BCUT2D eigenvalue weighted by molar-refractivity contribution is 0.588. The topological polar surface area (TPSA) is 92.2 Å². The van der Waals surface area contributed by atoms with Crippen molar-refractivity contribution in [1.29, 1.82) is 0 Å². The van der Waals surface area contributed by atoms with Crippen LogP contribution in [0, 0.1) is 11.7 Å². The highest BCUT2D eigenvalue weighted by Gasteiger charge is 2.28. The van der Waals surface area contributed by atoms with Gasteiger partial charge in [0, 0.05) is 11.0 Å². The maximum atomic E-state index is 13.6. The van der Waals surface area contributed by atoms with Crippen molar-refractivity contribution in [2.45, 2.75) is 12.8 Å². The highest BCUT2D eigenvalue weighted by atomic mass is 31.2. The molecule has 9 heteroatoms. The SMILES string of the molecule is CP(C)(=O)c1ccc(Nc2nc(/C=C/c3cccc(F)c3)nc(NC3=NCC(C4CC4)=C3)n2)cc1. The summed E-state index contributed by atoms with van der Waals surface area (Å²) < 4.78 is 25.9. The highest BCUT2D eigenvalue weighted by molar-refractivity contribution is 7.70. The Labute approximate surface area is 203 Å². The smallest absolute Gasteiger partial charge is 0.233 e. The maximum absolute atomic E-state index is 13.6. The standard InChI is InChI=1S/C26H26FN6OP/c1-35(2,34)22-11-9-21(10-12-22)29-25-30-23(13-6-17-4-3-5-20(27)14-17)31-26(33-25)32-24-15-19(16-28-24)18-7-8-18/h3-6,9-15,18H,7-8,16H2,1-2H3,(H2,28,29,30,31,32,33)/b13-6+. The van der Waals surface area contributed by atoms with Crippen LogP contribution in [-0.4, -0.2) is 40.7 Å². The molecular formula is C26H26FN6OP. The fraction of sp³-hybridized carbons (Fsp3) is 0.231. The van der Waals surface area contributed by atoms with Crippen LogP contribution in [0.2, 0.25) is 0 Å². The number of rotatable bonds is 7. The lowest BCUT2D eigenvalue weighted by Gasteiger charge is -2.10. The molecule has 1 fully saturated rings. The number of nitrogens with one attached hydrogen (secondary N) is 2. The number of anilines is 3. The van der Waals surface area contributed by atoms with Crippen LogP contribution >= 0.6 is 7.14 Å². The van der Waals surface area contributed by atoms with Gasteiger partial charge in [0.2, 0.25) is 11.9 Å². The zero-order valence-electron chi connectivity index (χ0n) is 19.6. The Kier molecular flexibility index (Phi) is 6.31. The fourth-order valence-electron chi connectivity index (χ4n) is 3.73. The second-order valence-corrected chi connectivity index (χ2v) is 12.3. The van der Waals surface area contributed by atoms with Gasteiger partial charge in [0.25, 0.3) is 0 Å². The molecule has 0 saturated heterocycles. The van der Waals surface area contributed by atoms with Gasteiger partial charge in [-0.3, -0.25) is 4.99 Å². The summed E-state index contributed by atoms with van der Waals surface area (Å²) in [5.41, 5.74) is 2.80. The molecule has 2 aromatic carbocycles. The number of amidine groups is 1. The van der Waals surface area contributed by atoms with E-state index in [1.165, 1.54) is 30.5 Å². The Morgan fingerprint density at radius 2 is 1.71 bits per heavy atom. The molecule has 0 unspecified atom stereocenters. The Balaban J connectivity index is 1.41. The molecule has 35 heavy (non-hydrogen) atoms. The van der Waals surface area contributed by atoms with E-state index < -0.39 is 7.14 Å². The third-order valence-electron chi connectivity index (χ3n) is 5.77. The molecule has 7 nitrogen and oxygen atoms in total. The highest BCUT2D eigenvalue weighted by Crippen LogP contribution is 2.38. The maximum Gasteiger partial charge on any atom is 0.233 e. The predicted molar refractivity (Wildman–Crippen MR) is 141 cm³/mol. The Bertz CT molecular complexity index is 1390. The summed E-state index contributed by atoms with van der Waals surface area (Å²) in [6.07, 6.45) is 7.99. The van der Waals surface area contributed by atoms with Gasteiger partial charge in [-0.2, -0.15) is 15.0 Å². The molecule has 0 spiro atoms. The van der Waals surface area contributed by atoms with Crippen molar-refractivity contribution in [1.82, 2.24) is 15.0 Å². The van der Waals surface area contributed by atoms with Gasteiger partial charge in [-0.25, -0.2) is 4.39 Å². The molecule has 2 aliphatic rings. The molecule has 2 heterocycles. The molecule has 0 amide bonds. The molecule has 0 radical (unpaired) electrons. The summed E-state index contributed by atoms with van der Waals surface area (Å²) in [6, 6.07) is 13.7. The summed E-state index contributed by atoms with van der Waals surface area (Å²) in [7, 11) is -2.34. The largest absolute Gasteiger partial charge is 0.324 e. The molecular weight excluding hydrogens is 462 g/mol. The van der Waals surface area contributed by atoms with Crippen LogP contribution in [0.3, 0.4) is 0 Å². The number of halogens is 1. The van der Waals surface area contributed by atoms with E-state index in [0.717, 1.165) is 16.8 Å². The Morgan fingerprint density at radius 3 is 2.40 bits per heavy atom. The normalized spacial score (nSPS) is 15.7. The number of aromatic nitrogens is 3. The average molecular weight is 489 g/mol. The summed E-state index contributed by atoms with van der Waals surface area (Å²) in [6.45, 7) is 4.19. The summed E-state index contributed by atoms with van der Waals surface area (Å²) >= 11 is 0. The summed E-state index contributed by atoms with van der Waals surface area (Å²) in [5.74, 6) is 2.18. The van der Waals surface area contributed by atoms with E-state index in [0.29, 0.717) is 35.7 Å². The molecule has 5 rings (SSSR count). The Morgan fingerprint density at radius 1 is 0.971 bits per heavy atom. The van der Waals surface area contributed by atoms with Crippen LogP contribution in [0.4, 0.5) is 22.0 Å². The minimum Gasteiger partial charge on any atom is -0.324 e. The molecule has 1 aliphatic heterocycles. The van der Waals surface area contributed by atoms with Crippen LogP contribution in [0.15, 0.2) is 65.2 Å². The quantitative estimate of drug-likeness (QED) is 0.437. The second-order valence-electron chi connectivity index (χ2n) is 9.07. The number of benzene rings is 2. The van der Waals surface area contributed by atoms with E-state index in [1.807, 2.05) is 24.3 Å². The molecule has 3 aromatic rings. The van der Waals surface area contributed by atoms with Crippen molar-refractivity contribution >= 4 is 48.0 Å². The van der Waals surface area contributed by atoms with Crippen LogP contribution < -0.4 is 15.9 Å². The minimum atomic E-state index is -2.34. The summed E-state index contributed by atoms with van der Waals surface area (Å²) in [4.78, 5) is 18.1. The molecule has 2 N–H and O–H groups in total. The molecule has 1 saturated carbocycles. The molecule has 1 aliphatic carbocycles. The van der Waals surface area contributed by atoms with Gasteiger partial charge in [-0.05, 0) is 91.8 Å². The molecule has 0 bridgehead atoms. The number of nitrogens with zero attached hydrogens (tertiary/aromatic N) is 4. The zero-order valence-corrected chi connectivity index (χ0v) is 20.5. The summed E-state index contributed by atoms with van der Waals surface area (Å²) in [5, 5.41) is 7.19. The second kappa shape index (κ2) is 9.55. The third-order valence-corrected chi connectivity index (χ3v) is 7.31. The van der Waals surface area contributed by atoms with Crippen molar-refractivity contribution < 1.29 is 8.96 Å². The minimum absolute atomic E-state index is 0.308. The molecule has 178 valence electrons. The van der Waals surface area contributed by atoms with Gasteiger partial charge in [0.1, 0.15) is 18.8 Å². The molecule has 1 aromatic heterocycles. The van der Waals surface area contributed by atoms with Crippen molar-refractivity contribution in [3.8, 4) is 0 Å². The predicted octanol–water partition coefficient (Wildman–Crippen LogP) is 5.33. The monoisotopic (exact) mass is 488 g/mol. The van der Waals surface area contributed by atoms with Crippen molar-refractivity contribution in [2.24, 2.45) is 10.9 Å². The van der Waals surface area contributed by atoms with E-state index in [2.05, 4.69) is 36.7 Å². The van der Waals surface area contributed by atoms with E-state index in [1.54, 1.807) is 37.6 Å². The van der Waals surface area contributed by atoms with Crippen molar-refractivity contribution in [3.63, 3.8) is 0 Å². The van der Waals surface area contributed by atoms with Gasteiger partial charge in [0.15, 0.2) is 5.82 Å². The van der Waals surface area contributed by atoms with Gasteiger partial charge in [0.05, 0.1) is 6.54 Å². The third kappa shape index (κ3) is 6.08. The van der Waals surface area contributed by atoms with E-state index in [4.69, 9.17) is 0 Å². The zero-order chi connectivity index (χ0) is 24.4. The number of hydrogen-bond donors (Lipinski definition) is 2. The lowest BCUT2D eigenvalue weighted by Crippen LogP contribution is -2.13. The first-order valence-corrected chi connectivity index (χ1v) is 14.1. The van der Waals surface area contributed by atoms with Gasteiger partial charge >= 0.3 is 0 Å². The Hall–Kier alpha value is -3.64. The lowest BCUT2D eigenvalue weighted by atomic mass is 10.2. The van der Waals surface area contributed by atoms with Crippen LogP contribution in [-0.2, 0) is 4.57 Å². The van der Waals surface area contributed by atoms with E-state index in [9.17, 15) is 8.96 Å². The first kappa shape index (κ1) is 23.1. The van der Waals surface area contributed by atoms with Gasteiger partial charge < -0.3 is 15.2 Å². The van der Waals surface area contributed by atoms with Crippen LogP contribution in [0.25, 0.3) is 12.2 Å². The van der Waals surface area contributed by atoms with Gasteiger partial charge in [-0.15, -0.1) is 0 Å². The van der Waals surface area contributed by atoms with Crippen LogP contribution in [0.1, 0.15) is 24.2 Å². The van der Waals surface area contributed by atoms with Gasteiger partial charge in [-0.1, -0.05) is 18.2 Å². The van der Waals surface area contributed by atoms with E-state index >= 15 is 0 Å². The van der Waals surface area contributed by atoms with Crippen molar-refractivity contribution in [3.05, 3.63) is 77.4 Å². The number of hydrogen-bond acceptors (Lipinski definition) is 7. The number of aliphatic imine (C=N–C) groups is 1. The van der Waals surface area contributed by atoms with E-state index in [-0.39, 0.29) is 5.82 Å². The molecule has 0 atom stereocenters.